The van der Waals surface area contributed by atoms with E-state index in [1.54, 1.807) is 12.3 Å². The van der Waals surface area contributed by atoms with Crippen LogP contribution in [0.4, 0.5) is 4.79 Å². The predicted molar refractivity (Wildman–Crippen MR) is 123 cm³/mol. The molecule has 3 amide bonds. The molecule has 8 nitrogen and oxygen atoms in total. The third kappa shape index (κ3) is 3.49. The average molecular weight is 440 g/mol. The molecule has 1 aliphatic rings. The normalized spacial score (nSPS) is 17.7. The van der Waals surface area contributed by atoms with Gasteiger partial charge in [0.05, 0.1) is 12.1 Å². The fourth-order valence-corrected chi connectivity index (χ4v) is 4.12. The minimum atomic E-state index is -1.57. The second-order valence-corrected chi connectivity index (χ2v) is 8.02. The number of para-hydroxylation sites is 1. The maximum absolute atomic E-state index is 12.2. The van der Waals surface area contributed by atoms with Crippen molar-refractivity contribution in [1.82, 2.24) is 20.2 Å². The van der Waals surface area contributed by atoms with Crippen molar-refractivity contribution >= 4 is 33.6 Å². The first-order valence-corrected chi connectivity index (χ1v) is 10.3. The Kier molecular flexibility index (Phi) is 4.68. The van der Waals surface area contributed by atoms with E-state index in [2.05, 4.69) is 21.5 Å². The smallest absolute Gasteiger partial charge is 0.323 e. The van der Waals surface area contributed by atoms with E-state index in [1.165, 1.54) is 4.57 Å². The van der Waals surface area contributed by atoms with Gasteiger partial charge in [0.25, 0.3) is 5.91 Å². The molecule has 8 heteroatoms. The van der Waals surface area contributed by atoms with Crippen LogP contribution in [0.15, 0.2) is 54.7 Å². The Labute approximate surface area is 189 Å². The highest BCUT2D eigenvalue weighted by Gasteiger charge is 2.45. The summed E-state index contributed by atoms with van der Waals surface area (Å²) in [6.07, 6.45) is 7.21. The first-order valence-electron chi connectivity index (χ1n) is 10.3. The fourth-order valence-electron chi connectivity index (χ4n) is 4.12. The van der Waals surface area contributed by atoms with Crippen molar-refractivity contribution in [3.8, 4) is 24.0 Å². The molecular weight excluding hydrogens is 420 g/mol. The number of terminal acetylenes is 1. The molecule has 0 spiro atoms. The topological polar surface area (TPSA) is 105 Å². The molecule has 33 heavy (non-hydrogen) atoms. The lowest BCUT2D eigenvalue weighted by Gasteiger charge is -2.20. The van der Waals surface area contributed by atoms with Crippen molar-refractivity contribution in [3.63, 3.8) is 0 Å². The summed E-state index contributed by atoms with van der Waals surface area (Å²) >= 11 is 0. The van der Waals surface area contributed by atoms with Crippen LogP contribution in [0, 0.1) is 19.3 Å². The summed E-state index contributed by atoms with van der Waals surface area (Å²) in [6, 6.07) is 14.6. The molecule has 0 unspecified atom stereocenters. The number of aromatic nitrogens is 2. The van der Waals surface area contributed by atoms with E-state index in [0.29, 0.717) is 17.7 Å². The summed E-state index contributed by atoms with van der Waals surface area (Å²) in [7, 11) is 0. The number of pyridine rings is 1. The van der Waals surface area contributed by atoms with E-state index in [-0.39, 0.29) is 12.4 Å². The molecule has 0 bridgehead atoms. The van der Waals surface area contributed by atoms with Gasteiger partial charge in [0, 0.05) is 33.6 Å². The van der Waals surface area contributed by atoms with Crippen LogP contribution in [0.1, 0.15) is 11.3 Å². The monoisotopic (exact) mass is 440 g/mol. The van der Waals surface area contributed by atoms with Gasteiger partial charge in [-0.15, -0.1) is 6.42 Å². The number of ether oxygens (including phenoxy) is 1. The molecule has 1 aliphatic heterocycles. The number of imide groups is 1. The van der Waals surface area contributed by atoms with E-state index in [0.717, 1.165) is 27.5 Å². The summed E-state index contributed by atoms with van der Waals surface area (Å²) in [5.74, 6) is 2.21. The third-order valence-corrected chi connectivity index (χ3v) is 5.75. The lowest BCUT2D eigenvalue weighted by Crippen LogP contribution is -2.48. The molecule has 0 radical (unpaired) electrons. The first-order chi connectivity index (χ1) is 15.9. The molecule has 0 aliphatic carbocycles. The molecule has 3 N–H and O–H groups in total. The van der Waals surface area contributed by atoms with Crippen molar-refractivity contribution in [1.29, 1.82) is 0 Å². The van der Waals surface area contributed by atoms with Crippen LogP contribution < -0.4 is 15.4 Å². The number of amides is 3. The number of nitrogens with one attached hydrogen (secondary N) is 2. The third-order valence-electron chi connectivity index (χ3n) is 5.75. The number of benzene rings is 2. The predicted octanol–water partition coefficient (Wildman–Crippen LogP) is 2.99. The van der Waals surface area contributed by atoms with E-state index in [1.807, 2.05) is 49.4 Å². The van der Waals surface area contributed by atoms with Gasteiger partial charge >= 0.3 is 6.03 Å². The number of hydrogen-bond acceptors (Lipinski definition) is 5. The minimum absolute atomic E-state index is 0.0794. The standard InChI is InChI=1S/C25H20N4O4/c1-3-25(23(31)27-24(32)28-25)14-29-12-16-8-9-18(11-20(16)22(29)30)33-13-17-10-15(2)26-21-7-5-4-6-19(17)21/h1,4-12,30H,13-14H2,2H3,(H2,27,28,31,32)/t25-/m1/s1. The summed E-state index contributed by atoms with van der Waals surface area (Å²) in [5.41, 5.74) is 1.26. The van der Waals surface area contributed by atoms with Gasteiger partial charge in [-0.1, -0.05) is 24.1 Å². The molecule has 1 saturated heterocycles. The Hall–Kier alpha value is -4.51. The number of aryl methyl sites for hydroxylation is 1. The Morgan fingerprint density at radius 1 is 1.18 bits per heavy atom. The highest BCUT2D eigenvalue weighted by atomic mass is 16.5. The number of hydrogen-bond donors (Lipinski definition) is 3. The molecule has 3 heterocycles. The van der Waals surface area contributed by atoms with Gasteiger partial charge in [-0.2, -0.15) is 0 Å². The Morgan fingerprint density at radius 2 is 2.00 bits per heavy atom. The summed E-state index contributed by atoms with van der Waals surface area (Å²) < 4.78 is 7.48. The zero-order valence-electron chi connectivity index (χ0n) is 17.8. The molecule has 164 valence electrons. The highest BCUT2D eigenvalue weighted by Crippen LogP contribution is 2.32. The zero-order chi connectivity index (χ0) is 23.2. The Balaban J connectivity index is 1.42. The van der Waals surface area contributed by atoms with Crippen molar-refractivity contribution in [3.05, 3.63) is 66.0 Å². The number of carbonyl (C=O) groups is 2. The molecule has 4 aromatic rings. The number of rotatable bonds is 5. The van der Waals surface area contributed by atoms with Gasteiger partial charge in [0.15, 0.2) is 5.88 Å². The Morgan fingerprint density at radius 3 is 2.76 bits per heavy atom. The highest BCUT2D eigenvalue weighted by molar-refractivity contribution is 6.09. The number of fused-ring (bicyclic) bond motifs is 2. The second-order valence-electron chi connectivity index (χ2n) is 8.02. The quantitative estimate of drug-likeness (QED) is 0.327. The lowest BCUT2D eigenvalue weighted by molar-refractivity contribution is -0.122. The maximum atomic E-state index is 12.2. The van der Waals surface area contributed by atoms with Crippen LogP contribution in [0.3, 0.4) is 0 Å². The van der Waals surface area contributed by atoms with Crippen molar-refractivity contribution in [2.24, 2.45) is 0 Å². The fraction of sp³-hybridized carbons (Fsp3) is 0.160. The van der Waals surface area contributed by atoms with Crippen LogP contribution in [0.25, 0.3) is 21.7 Å². The summed E-state index contributed by atoms with van der Waals surface area (Å²) in [4.78, 5) is 28.3. The van der Waals surface area contributed by atoms with Crippen molar-refractivity contribution in [2.45, 2.75) is 25.6 Å². The van der Waals surface area contributed by atoms with Gasteiger partial charge in [-0.05, 0) is 37.3 Å². The number of urea groups is 1. The molecule has 1 atom stereocenters. The van der Waals surface area contributed by atoms with Gasteiger partial charge in [-0.3, -0.25) is 15.1 Å². The van der Waals surface area contributed by atoms with E-state index < -0.39 is 17.5 Å². The van der Waals surface area contributed by atoms with Gasteiger partial charge in [-0.25, -0.2) is 4.79 Å². The van der Waals surface area contributed by atoms with E-state index in [9.17, 15) is 14.7 Å². The van der Waals surface area contributed by atoms with Crippen LogP contribution in [-0.2, 0) is 17.9 Å². The Bertz CT molecular complexity index is 1480. The van der Waals surface area contributed by atoms with Crippen LogP contribution in [0.5, 0.6) is 11.6 Å². The maximum Gasteiger partial charge on any atom is 0.323 e. The van der Waals surface area contributed by atoms with Crippen molar-refractivity contribution in [2.75, 3.05) is 0 Å². The average Bonchev–Trinajstić information content (AvgIpc) is 3.26. The van der Waals surface area contributed by atoms with Crippen LogP contribution >= 0.6 is 0 Å². The zero-order valence-corrected chi connectivity index (χ0v) is 17.8. The molecule has 2 aromatic carbocycles. The lowest BCUT2D eigenvalue weighted by atomic mass is 10.0. The second kappa shape index (κ2) is 7.57. The largest absolute Gasteiger partial charge is 0.494 e. The molecule has 1 fully saturated rings. The number of aromatic hydroxyl groups is 1. The van der Waals surface area contributed by atoms with Gasteiger partial charge < -0.3 is 19.7 Å². The SMILES string of the molecule is C#C[C@]1(Cn2cc3ccc(OCc4cc(C)nc5ccccc45)cc3c2O)NC(=O)NC1=O. The first kappa shape index (κ1) is 20.4. The van der Waals surface area contributed by atoms with E-state index >= 15 is 0 Å². The number of carbonyl (C=O) groups excluding carboxylic acids is 2. The van der Waals surface area contributed by atoms with Gasteiger partial charge in [0.2, 0.25) is 5.54 Å². The molecular formula is C25H20N4O4. The minimum Gasteiger partial charge on any atom is -0.494 e. The summed E-state index contributed by atoms with van der Waals surface area (Å²) in [6.45, 7) is 2.17. The van der Waals surface area contributed by atoms with Crippen LogP contribution in [0.2, 0.25) is 0 Å². The van der Waals surface area contributed by atoms with E-state index in [4.69, 9.17) is 11.2 Å². The van der Waals surface area contributed by atoms with Gasteiger partial charge in [0.1, 0.15) is 12.4 Å². The molecule has 2 aromatic heterocycles. The van der Waals surface area contributed by atoms with Crippen LogP contribution in [-0.4, -0.2) is 32.1 Å². The van der Waals surface area contributed by atoms with Crippen molar-refractivity contribution < 1.29 is 19.4 Å². The number of nitrogens with zero attached hydrogens (tertiary/aromatic N) is 2. The summed E-state index contributed by atoms with van der Waals surface area (Å²) in [5, 5.41) is 17.7. The molecule has 5 rings (SSSR count). The molecule has 0 saturated carbocycles.